The minimum Gasteiger partial charge on any atom is -0.348 e. The predicted octanol–water partition coefficient (Wildman–Crippen LogP) is 1.58. The number of aromatic nitrogens is 5. The first-order valence-corrected chi connectivity index (χ1v) is 9.38. The van der Waals surface area contributed by atoms with Crippen LogP contribution in [0.1, 0.15) is 23.7 Å². The molecule has 11 heteroatoms. The molecule has 3 rings (SSSR count). The number of hydrogen-bond donors (Lipinski definition) is 1. The normalized spacial score (nSPS) is 10.6. The number of rotatable bonds is 8. The van der Waals surface area contributed by atoms with Gasteiger partial charge in [-0.3, -0.25) is 14.6 Å². The summed E-state index contributed by atoms with van der Waals surface area (Å²) >= 11 is 1.19. The molecular formula is C17H19N7O3S. The van der Waals surface area contributed by atoms with Crippen LogP contribution in [0.3, 0.4) is 0 Å². The van der Waals surface area contributed by atoms with E-state index in [0.29, 0.717) is 34.7 Å². The molecule has 0 aliphatic heterocycles. The minimum atomic E-state index is -0.185. The SMILES string of the molecule is CN(C)C(=O)Cc1nnc(NC(=O)CCCc2nc(-c3ccncc3)no2)s1. The van der Waals surface area contributed by atoms with Crippen molar-refractivity contribution in [3.63, 3.8) is 0 Å². The smallest absolute Gasteiger partial charge is 0.229 e. The fourth-order valence-electron chi connectivity index (χ4n) is 2.22. The second-order valence-electron chi connectivity index (χ2n) is 6.12. The van der Waals surface area contributed by atoms with E-state index < -0.39 is 0 Å². The molecule has 0 saturated heterocycles. The summed E-state index contributed by atoms with van der Waals surface area (Å²) in [6.45, 7) is 0. The average molecular weight is 401 g/mol. The highest BCUT2D eigenvalue weighted by atomic mass is 32.1. The molecule has 3 aromatic heterocycles. The number of pyridine rings is 1. The molecule has 28 heavy (non-hydrogen) atoms. The molecule has 0 bridgehead atoms. The zero-order valence-corrected chi connectivity index (χ0v) is 16.3. The third-order valence-corrected chi connectivity index (χ3v) is 4.55. The first-order valence-electron chi connectivity index (χ1n) is 8.56. The van der Waals surface area contributed by atoms with Crippen LogP contribution in [0.2, 0.25) is 0 Å². The standard InChI is InChI=1S/C17H19N7O3S/c1-24(2)15(26)10-14-21-22-17(28-14)19-12(25)4-3-5-13-20-16(23-27-13)11-6-8-18-9-7-11/h6-9H,3-5,10H2,1-2H3,(H,19,22,25). The molecule has 2 amide bonds. The molecule has 0 radical (unpaired) electrons. The van der Waals surface area contributed by atoms with Gasteiger partial charge in [0, 0.05) is 44.9 Å². The van der Waals surface area contributed by atoms with Crippen LogP contribution in [0.25, 0.3) is 11.4 Å². The maximum Gasteiger partial charge on any atom is 0.229 e. The molecule has 0 atom stereocenters. The number of carbonyl (C=O) groups excluding carboxylic acids is 2. The van der Waals surface area contributed by atoms with Gasteiger partial charge in [0.05, 0.1) is 6.42 Å². The first-order chi connectivity index (χ1) is 13.5. The van der Waals surface area contributed by atoms with Gasteiger partial charge in [0.25, 0.3) is 0 Å². The van der Waals surface area contributed by atoms with Crippen LogP contribution in [0.4, 0.5) is 5.13 Å². The number of anilines is 1. The van der Waals surface area contributed by atoms with Gasteiger partial charge in [-0.1, -0.05) is 16.5 Å². The molecular weight excluding hydrogens is 382 g/mol. The zero-order chi connectivity index (χ0) is 19.9. The Morgan fingerprint density at radius 3 is 2.75 bits per heavy atom. The van der Waals surface area contributed by atoms with Crippen molar-refractivity contribution in [3.05, 3.63) is 35.4 Å². The van der Waals surface area contributed by atoms with Gasteiger partial charge in [0.2, 0.25) is 28.7 Å². The molecule has 1 N–H and O–H groups in total. The maximum absolute atomic E-state index is 12.0. The fourth-order valence-corrected chi connectivity index (χ4v) is 2.97. The van der Waals surface area contributed by atoms with Gasteiger partial charge < -0.3 is 14.7 Å². The van der Waals surface area contributed by atoms with Crippen molar-refractivity contribution in [3.8, 4) is 11.4 Å². The Kier molecular flexibility index (Phi) is 6.37. The second kappa shape index (κ2) is 9.13. The maximum atomic E-state index is 12.0. The van der Waals surface area contributed by atoms with Crippen molar-refractivity contribution < 1.29 is 14.1 Å². The number of amides is 2. The van der Waals surface area contributed by atoms with Gasteiger partial charge in [-0.05, 0) is 18.6 Å². The zero-order valence-electron chi connectivity index (χ0n) is 15.5. The Morgan fingerprint density at radius 1 is 1.21 bits per heavy atom. The molecule has 0 fully saturated rings. The number of aryl methyl sites for hydroxylation is 1. The van der Waals surface area contributed by atoms with Crippen LogP contribution in [-0.2, 0) is 22.4 Å². The quantitative estimate of drug-likeness (QED) is 0.603. The predicted molar refractivity (Wildman–Crippen MR) is 101 cm³/mol. The molecule has 3 aromatic rings. The molecule has 0 unspecified atom stereocenters. The summed E-state index contributed by atoms with van der Waals surface area (Å²) in [7, 11) is 3.35. The van der Waals surface area contributed by atoms with Crippen LogP contribution in [-0.4, -0.2) is 56.1 Å². The fraction of sp³-hybridized carbons (Fsp3) is 0.353. The highest BCUT2D eigenvalue weighted by molar-refractivity contribution is 7.15. The van der Waals surface area contributed by atoms with Gasteiger partial charge in [-0.25, -0.2) is 0 Å². The van der Waals surface area contributed by atoms with E-state index in [4.69, 9.17) is 4.52 Å². The number of nitrogens with one attached hydrogen (secondary N) is 1. The average Bonchev–Trinajstić information content (AvgIpc) is 3.32. The molecule has 3 heterocycles. The van der Waals surface area contributed by atoms with Crippen molar-refractivity contribution in [1.82, 2.24) is 30.2 Å². The van der Waals surface area contributed by atoms with Crippen molar-refractivity contribution in [2.24, 2.45) is 0 Å². The van der Waals surface area contributed by atoms with Gasteiger partial charge in [-0.15, -0.1) is 10.2 Å². The Labute approximate surface area is 165 Å². The van der Waals surface area contributed by atoms with Crippen molar-refractivity contribution >= 4 is 28.3 Å². The van der Waals surface area contributed by atoms with Gasteiger partial charge in [0.15, 0.2) is 0 Å². The third kappa shape index (κ3) is 5.39. The Balaban J connectivity index is 1.43. The van der Waals surface area contributed by atoms with Gasteiger partial charge in [0.1, 0.15) is 5.01 Å². The summed E-state index contributed by atoms with van der Waals surface area (Å²) < 4.78 is 5.21. The Bertz CT molecular complexity index is 939. The first kappa shape index (κ1) is 19.5. The highest BCUT2D eigenvalue weighted by Gasteiger charge is 2.13. The Morgan fingerprint density at radius 2 is 2.00 bits per heavy atom. The summed E-state index contributed by atoms with van der Waals surface area (Å²) in [5, 5.41) is 15.4. The second-order valence-corrected chi connectivity index (χ2v) is 7.18. The highest BCUT2D eigenvalue weighted by Crippen LogP contribution is 2.17. The largest absolute Gasteiger partial charge is 0.348 e. The molecule has 0 aliphatic carbocycles. The summed E-state index contributed by atoms with van der Waals surface area (Å²) in [6, 6.07) is 3.59. The summed E-state index contributed by atoms with van der Waals surface area (Å²) in [5.41, 5.74) is 0.822. The van der Waals surface area contributed by atoms with Crippen molar-refractivity contribution in [2.45, 2.75) is 25.7 Å². The molecule has 0 saturated carbocycles. The molecule has 0 spiro atoms. The lowest BCUT2D eigenvalue weighted by Gasteiger charge is -2.07. The summed E-state index contributed by atoms with van der Waals surface area (Å²) in [5.74, 6) is 0.714. The number of hydrogen-bond acceptors (Lipinski definition) is 9. The van der Waals surface area contributed by atoms with Crippen LogP contribution < -0.4 is 5.32 Å². The van der Waals surface area contributed by atoms with Crippen LogP contribution in [0.5, 0.6) is 0 Å². The lowest BCUT2D eigenvalue weighted by Crippen LogP contribution is -2.23. The molecule has 0 aromatic carbocycles. The molecule has 146 valence electrons. The van der Waals surface area contributed by atoms with E-state index in [2.05, 4.69) is 30.6 Å². The van der Waals surface area contributed by atoms with Crippen molar-refractivity contribution in [2.75, 3.05) is 19.4 Å². The third-order valence-electron chi connectivity index (χ3n) is 3.72. The van der Waals surface area contributed by atoms with E-state index in [1.165, 1.54) is 16.2 Å². The summed E-state index contributed by atoms with van der Waals surface area (Å²) in [4.78, 5) is 33.5. The summed E-state index contributed by atoms with van der Waals surface area (Å²) in [6.07, 6.45) is 4.80. The van der Waals surface area contributed by atoms with E-state index in [1.54, 1.807) is 38.6 Å². The van der Waals surface area contributed by atoms with Crippen LogP contribution in [0.15, 0.2) is 29.0 Å². The molecule has 0 aliphatic rings. The number of nitrogens with zero attached hydrogens (tertiary/aromatic N) is 6. The lowest BCUT2D eigenvalue weighted by molar-refractivity contribution is -0.128. The van der Waals surface area contributed by atoms with E-state index >= 15 is 0 Å². The van der Waals surface area contributed by atoms with E-state index in [0.717, 1.165) is 5.56 Å². The monoisotopic (exact) mass is 401 g/mol. The number of carbonyl (C=O) groups is 2. The van der Waals surface area contributed by atoms with E-state index in [9.17, 15) is 9.59 Å². The van der Waals surface area contributed by atoms with Crippen molar-refractivity contribution in [1.29, 1.82) is 0 Å². The topological polar surface area (TPSA) is 127 Å². The lowest BCUT2D eigenvalue weighted by atomic mass is 10.2. The van der Waals surface area contributed by atoms with E-state index in [-0.39, 0.29) is 24.7 Å². The van der Waals surface area contributed by atoms with Crippen LogP contribution in [0, 0.1) is 0 Å². The minimum absolute atomic E-state index is 0.0697. The van der Waals surface area contributed by atoms with Crippen LogP contribution >= 0.6 is 11.3 Å². The van der Waals surface area contributed by atoms with E-state index in [1.807, 2.05) is 0 Å². The van der Waals surface area contributed by atoms with Gasteiger partial charge >= 0.3 is 0 Å². The van der Waals surface area contributed by atoms with Gasteiger partial charge in [-0.2, -0.15) is 4.98 Å². The molecule has 10 nitrogen and oxygen atoms in total. The Hall–Kier alpha value is -3.21. The number of likely N-dealkylation sites (N-methyl/N-ethyl adjacent to an activating group) is 1.